The van der Waals surface area contributed by atoms with E-state index in [9.17, 15) is 4.79 Å². The normalized spacial score (nSPS) is 13.4. The molecule has 136 valence electrons. The first kappa shape index (κ1) is 18.3. The Balaban J connectivity index is 1.79. The molecule has 2 aromatic rings. The van der Waals surface area contributed by atoms with Crippen LogP contribution in [0.2, 0.25) is 0 Å². The summed E-state index contributed by atoms with van der Waals surface area (Å²) in [7, 11) is 0. The van der Waals surface area contributed by atoms with Crippen molar-refractivity contribution < 1.29 is 4.79 Å². The minimum absolute atomic E-state index is 0.0748. The third kappa shape index (κ3) is 3.69. The first-order chi connectivity index (χ1) is 12.3. The van der Waals surface area contributed by atoms with Gasteiger partial charge in [-0.15, -0.1) is 0 Å². The largest absolute Gasteiger partial charge is 0.348 e. The monoisotopic (exact) mass is 349 g/mol. The number of fused-ring (bicyclic) bond motifs is 1. The van der Waals surface area contributed by atoms with Crippen LogP contribution in [0.3, 0.4) is 0 Å². The maximum Gasteiger partial charge on any atom is 0.253 e. The van der Waals surface area contributed by atoms with Gasteiger partial charge in [0, 0.05) is 18.3 Å². The SMILES string of the molecule is Cc1nc2c(c(C)c1C(=O)NCc1ccc(C(C)(C)C)cc1)=CCCN=2. The molecule has 1 aliphatic heterocycles. The molecule has 0 saturated carbocycles. The van der Waals surface area contributed by atoms with Crippen LogP contribution in [0.25, 0.3) is 6.08 Å². The molecule has 1 aromatic carbocycles. The topological polar surface area (TPSA) is 54.4 Å². The van der Waals surface area contributed by atoms with Gasteiger partial charge in [-0.1, -0.05) is 51.1 Å². The lowest BCUT2D eigenvalue weighted by Crippen LogP contribution is -2.38. The minimum Gasteiger partial charge on any atom is -0.348 e. The molecule has 0 saturated heterocycles. The lowest BCUT2D eigenvalue weighted by atomic mass is 9.87. The first-order valence-electron chi connectivity index (χ1n) is 9.17. The molecule has 0 fully saturated rings. The summed E-state index contributed by atoms with van der Waals surface area (Å²) in [4.78, 5) is 21.8. The van der Waals surface area contributed by atoms with E-state index in [1.54, 1.807) is 0 Å². The van der Waals surface area contributed by atoms with Gasteiger partial charge in [0.2, 0.25) is 0 Å². The number of carbonyl (C=O) groups is 1. The molecule has 4 nitrogen and oxygen atoms in total. The summed E-state index contributed by atoms with van der Waals surface area (Å²) in [6.07, 6.45) is 3.03. The summed E-state index contributed by atoms with van der Waals surface area (Å²) in [5, 5.41) is 4.04. The number of rotatable bonds is 3. The maximum atomic E-state index is 12.8. The molecule has 0 unspecified atom stereocenters. The number of nitrogens with zero attached hydrogens (tertiary/aromatic N) is 2. The maximum absolute atomic E-state index is 12.8. The van der Waals surface area contributed by atoms with E-state index < -0.39 is 0 Å². The van der Waals surface area contributed by atoms with E-state index in [-0.39, 0.29) is 11.3 Å². The highest BCUT2D eigenvalue weighted by Gasteiger charge is 2.17. The fourth-order valence-corrected chi connectivity index (χ4v) is 3.32. The van der Waals surface area contributed by atoms with Gasteiger partial charge in [-0.25, -0.2) is 4.98 Å². The predicted molar refractivity (Wildman–Crippen MR) is 105 cm³/mol. The van der Waals surface area contributed by atoms with Gasteiger partial charge in [0.1, 0.15) is 0 Å². The number of pyridine rings is 1. The van der Waals surface area contributed by atoms with E-state index in [0.29, 0.717) is 12.1 Å². The summed E-state index contributed by atoms with van der Waals surface area (Å²) in [6, 6.07) is 8.43. The van der Waals surface area contributed by atoms with Crippen LogP contribution in [0.4, 0.5) is 0 Å². The third-order valence-corrected chi connectivity index (χ3v) is 4.89. The molecule has 0 atom stereocenters. The molecule has 0 bridgehead atoms. The highest BCUT2D eigenvalue weighted by molar-refractivity contribution is 5.96. The number of nitrogens with one attached hydrogen (secondary N) is 1. The molecule has 1 N–H and O–H groups in total. The Morgan fingerprint density at radius 2 is 1.85 bits per heavy atom. The van der Waals surface area contributed by atoms with Gasteiger partial charge in [0.05, 0.1) is 11.3 Å². The highest BCUT2D eigenvalue weighted by Crippen LogP contribution is 2.22. The Morgan fingerprint density at radius 3 is 2.50 bits per heavy atom. The molecule has 26 heavy (non-hydrogen) atoms. The Hall–Kier alpha value is -2.49. The molecule has 0 radical (unpaired) electrons. The van der Waals surface area contributed by atoms with Crippen molar-refractivity contribution in [3.63, 3.8) is 0 Å². The number of hydrogen-bond acceptors (Lipinski definition) is 3. The molecule has 1 aliphatic rings. The van der Waals surface area contributed by atoms with Crippen LogP contribution >= 0.6 is 0 Å². The van der Waals surface area contributed by atoms with E-state index in [1.165, 1.54) is 5.56 Å². The first-order valence-corrected chi connectivity index (χ1v) is 9.17. The molecule has 0 spiro atoms. The van der Waals surface area contributed by atoms with Crippen LogP contribution in [0.15, 0.2) is 29.3 Å². The van der Waals surface area contributed by atoms with Gasteiger partial charge < -0.3 is 5.32 Å². The Labute approximate surface area is 155 Å². The molecular formula is C22H27N3O. The van der Waals surface area contributed by atoms with Crippen LogP contribution in [0, 0.1) is 13.8 Å². The van der Waals surface area contributed by atoms with Gasteiger partial charge in [-0.3, -0.25) is 9.79 Å². The molecule has 3 rings (SSSR count). The second-order valence-corrected chi connectivity index (χ2v) is 7.94. The lowest BCUT2D eigenvalue weighted by Gasteiger charge is -2.19. The zero-order valence-electron chi connectivity index (χ0n) is 16.3. The minimum atomic E-state index is -0.0748. The fraction of sp³-hybridized carbons (Fsp3) is 0.409. The van der Waals surface area contributed by atoms with Gasteiger partial charge in [0.15, 0.2) is 5.49 Å². The number of amides is 1. The van der Waals surface area contributed by atoms with Crippen LogP contribution in [0.5, 0.6) is 0 Å². The average molecular weight is 349 g/mol. The number of aryl methyl sites for hydroxylation is 1. The third-order valence-electron chi connectivity index (χ3n) is 4.89. The van der Waals surface area contributed by atoms with Crippen molar-refractivity contribution >= 4 is 12.0 Å². The van der Waals surface area contributed by atoms with Crippen LogP contribution in [-0.4, -0.2) is 17.4 Å². The Morgan fingerprint density at radius 1 is 1.15 bits per heavy atom. The summed E-state index contributed by atoms with van der Waals surface area (Å²) >= 11 is 0. The summed E-state index contributed by atoms with van der Waals surface area (Å²) in [5.41, 5.74) is 5.65. The van der Waals surface area contributed by atoms with Gasteiger partial charge in [0.25, 0.3) is 5.91 Å². The van der Waals surface area contributed by atoms with Crippen molar-refractivity contribution in [2.45, 2.75) is 53.0 Å². The summed E-state index contributed by atoms with van der Waals surface area (Å²) < 4.78 is 0. The van der Waals surface area contributed by atoms with E-state index in [2.05, 4.69) is 66.4 Å². The Kier molecular flexibility index (Phi) is 4.94. The molecule has 1 aromatic heterocycles. The summed E-state index contributed by atoms with van der Waals surface area (Å²) in [6.45, 7) is 11.7. The molecule has 1 amide bonds. The fourth-order valence-electron chi connectivity index (χ4n) is 3.32. The zero-order valence-corrected chi connectivity index (χ0v) is 16.3. The average Bonchev–Trinajstić information content (AvgIpc) is 2.59. The predicted octanol–water partition coefficient (Wildman–Crippen LogP) is 2.73. The highest BCUT2D eigenvalue weighted by atomic mass is 16.1. The van der Waals surface area contributed by atoms with Crippen LogP contribution in [0.1, 0.15) is 59.9 Å². The standard InChI is InChI=1S/C22H27N3O/c1-14-18-7-6-12-23-20(18)25-15(2)19(14)21(26)24-13-16-8-10-17(11-9-16)22(3,4)5/h7-11H,6,12-13H2,1-5H3,(H,24,26). The number of hydrogen-bond donors (Lipinski definition) is 1. The molecular weight excluding hydrogens is 322 g/mol. The van der Waals surface area contributed by atoms with Crippen LogP contribution < -0.4 is 16.0 Å². The van der Waals surface area contributed by atoms with E-state index >= 15 is 0 Å². The number of carbonyl (C=O) groups excluding carboxylic acids is 1. The molecule has 2 heterocycles. The van der Waals surface area contributed by atoms with Crippen LogP contribution in [-0.2, 0) is 12.0 Å². The van der Waals surface area contributed by atoms with Crippen molar-refractivity contribution in [2.75, 3.05) is 6.54 Å². The van der Waals surface area contributed by atoms with Crippen molar-refractivity contribution in [2.24, 2.45) is 4.99 Å². The van der Waals surface area contributed by atoms with Crippen molar-refractivity contribution in [3.05, 3.63) is 62.9 Å². The quantitative estimate of drug-likeness (QED) is 0.926. The van der Waals surface area contributed by atoms with E-state index in [1.807, 2.05) is 13.8 Å². The zero-order chi connectivity index (χ0) is 18.9. The lowest BCUT2D eigenvalue weighted by molar-refractivity contribution is 0.0949. The van der Waals surface area contributed by atoms with Crippen molar-refractivity contribution in [1.82, 2.24) is 10.3 Å². The van der Waals surface area contributed by atoms with Gasteiger partial charge in [-0.2, -0.15) is 0 Å². The smallest absolute Gasteiger partial charge is 0.253 e. The van der Waals surface area contributed by atoms with Gasteiger partial charge in [-0.05, 0) is 42.4 Å². The molecule has 4 heteroatoms. The second kappa shape index (κ2) is 7.02. The van der Waals surface area contributed by atoms with E-state index in [0.717, 1.165) is 40.5 Å². The number of aromatic nitrogens is 1. The van der Waals surface area contributed by atoms with E-state index in [4.69, 9.17) is 0 Å². The summed E-state index contributed by atoms with van der Waals surface area (Å²) in [5.74, 6) is -0.0748. The van der Waals surface area contributed by atoms with Crippen molar-refractivity contribution in [3.8, 4) is 0 Å². The molecule has 0 aliphatic carbocycles. The second-order valence-electron chi connectivity index (χ2n) is 7.94. The van der Waals surface area contributed by atoms with Crippen molar-refractivity contribution in [1.29, 1.82) is 0 Å². The number of benzene rings is 1. The Bertz CT molecular complexity index is 951. The van der Waals surface area contributed by atoms with Gasteiger partial charge >= 0.3 is 0 Å².